The third kappa shape index (κ3) is 2.92. The Hall–Kier alpha value is -2.97. The molecule has 1 amide bonds. The molecule has 0 fully saturated rings. The summed E-state index contributed by atoms with van der Waals surface area (Å²) in [5.41, 5.74) is 2.59. The standard InChI is InChI=1S/C16H13N3O4S/c20-16(18-21)10-7-12-5-8-14(9-6-12)24(22,23)19-15-4-2-1-3-13(15)11-17-19/h1-11,21H,(H,18,20)/b10-7+. The predicted molar refractivity (Wildman–Crippen MR) is 87.7 cm³/mol. The van der Waals surface area contributed by atoms with E-state index in [4.69, 9.17) is 5.21 Å². The van der Waals surface area contributed by atoms with E-state index in [1.807, 2.05) is 6.07 Å². The van der Waals surface area contributed by atoms with Crippen LogP contribution in [0.3, 0.4) is 0 Å². The molecule has 2 aromatic carbocycles. The summed E-state index contributed by atoms with van der Waals surface area (Å²) in [5, 5.41) is 13.1. The number of fused-ring (bicyclic) bond motifs is 1. The number of amides is 1. The van der Waals surface area contributed by atoms with Crippen LogP contribution in [0.1, 0.15) is 5.56 Å². The fourth-order valence-electron chi connectivity index (χ4n) is 2.20. The van der Waals surface area contributed by atoms with Crippen molar-refractivity contribution in [1.29, 1.82) is 0 Å². The number of hydroxylamine groups is 1. The van der Waals surface area contributed by atoms with Gasteiger partial charge in [-0.25, -0.2) is 5.48 Å². The van der Waals surface area contributed by atoms with Crippen LogP contribution in [0.5, 0.6) is 0 Å². The van der Waals surface area contributed by atoms with Crippen molar-refractivity contribution < 1.29 is 18.4 Å². The molecule has 1 heterocycles. The monoisotopic (exact) mass is 343 g/mol. The molecule has 0 saturated carbocycles. The number of carbonyl (C=O) groups excluding carboxylic acids is 1. The minimum atomic E-state index is -3.81. The SMILES string of the molecule is O=C(/C=C/c1ccc(S(=O)(=O)n2ncc3ccccc32)cc1)NO. The molecule has 7 nitrogen and oxygen atoms in total. The molecule has 0 aliphatic rings. The topological polar surface area (TPSA) is 101 Å². The van der Waals surface area contributed by atoms with Crippen molar-refractivity contribution >= 4 is 32.9 Å². The number of hydrogen-bond donors (Lipinski definition) is 2. The van der Waals surface area contributed by atoms with Crippen LogP contribution in [0.25, 0.3) is 17.0 Å². The quantitative estimate of drug-likeness (QED) is 0.427. The highest BCUT2D eigenvalue weighted by Crippen LogP contribution is 2.20. The summed E-state index contributed by atoms with van der Waals surface area (Å²) in [6.45, 7) is 0. The molecule has 2 N–H and O–H groups in total. The van der Waals surface area contributed by atoms with Crippen LogP contribution >= 0.6 is 0 Å². The van der Waals surface area contributed by atoms with Gasteiger partial charge in [-0.3, -0.25) is 10.0 Å². The zero-order valence-electron chi connectivity index (χ0n) is 12.3. The van der Waals surface area contributed by atoms with E-state index in [0.717, 1.165) is 15.5 Å². The van der Waals surface area contributed by atoms with Gasteiger partial charge in [-0.05, 0) is 29.8 Å². The van der Waals surface area contributed by atoms with Crippen molar-refractivity contribution in [2.75, 3.05) is 0 Å². The highest BCUT2D eigenvalue weighted by atomic mass is 32.2. The molecule has 0 atom stereocenters. The first kappa shape index (κ1) is 15.9. The van der Waals surface area contributed by atoms with E-state index >= 15 is 0 Å². The van der Waals surface area contributed by atoms with Crippen LogP contribution in [0.15, 0.2) is 65.7 Å². The number of nitrogens with one attached hydrogen (secondary N) is 1. The maximum atomic E-state index is 12.7. The fraction of sp³-hybridized carbons (Fsp3) is 0. The van der Waals surface area contributed by atoms with Gasteiger partial charge in [0, 0.05) is 11.5 Å². The Labute approximate surface area is 137 Å². The van der Waals surface area contributed by atoms with Crippen molar-refractivity contribution in [3.63, 3.8) is 0 Å². The van der Waals surface area contributed by atoms with Gasteiger partial charge in [0.2, 0.25) is 0 Å². The molecule has 0 unspecified atom stereocenters. The smallest absolute Gasteiger partial charge is 0.283 e. The van der Waals surface area contributed by atoms with Gasteiger partial charge in [-0.15, -0.1) is 0 Å². The maximum Gasteiger partial charge on any atom is 0.283 e. The van der Waals surface area contributed by atoms with Crippen molar-refractivity contribution in [2.45, 2.75) is 4.90 Å². The second-order valence-corrected chi connectivity index (χ2v) is 6.70. The lowest BCUT2D eigenvalue weighted by molar-refractivity contribution is -0.124. The van der Waals surface area contributed by atoms with Gasteiger partial charge in [0.15, 0.2) is 0 Å². The summed E-state index contributed by atoms with van der Waals surface area (Å²) < 4.78 is 26.4. The molecular formula is C16H13N3O4S. The minimum absolute atomic E-state index is 0.0834. The summed E-state index contributed by atoms with van der Waals surface area (Å²) in [4.78, 5) is 11.0. The van der Waals surface area contributed by atoms with Gasteiger partial charge in [-0.1, -0.05) is 30.3 Å². The Morgan fingerprint density at radius 1 is 1.12 bits per heavy atom. The molecule has 0 spiro atoms. The number of para-hydroxylation sites is 1. The maximum absolute atomic E-state index is 12.7. The van der Waals surface area contributed by atoms with Crippen LogP contribution in [0.4, 0.5) is 0 Å². The van der Waals surface area contributed by atoms with Crippen molar-refractivity contribution in [3.8, 4) is 0 Å². The molecule has 0 aliphatic heterocycles. The summed E-state index contributed by atoms with van der Waals surface area (Å²) in [5.74, 6) is -0.672. The second-order valence-electron chi connectivity index (χ2n) is 4.93. The van der Waals surface area contributed by atoms with E-state index in [9.17, 15) is 13.2 Å². The predicted octanol–water partition coefficient (Wildman–Crippen LogP) is 1.79. The average molecular weight is 343 g/mol. The van der Waals surface area contributed by atoms with Gasteiger partial charge in [0.05, 0.1) is 16.6 Å². The summed E-state index contributed by atoms with van der Waals surface area (Å²) >= 11 is 0. The van der Waals surface area contributed by atoms with Crippen LogP contribution < -0.4 is 5.48 Å². The first-order valence-electron chi connectivity index (χ1n) is 6.93. The lowest BCUT2D eigenvalue weighted by Crippen LogP contribution is -2.15. The Balaban J connectivity index is 1.96. The van der Waals surface area contributed by atoms with E-state index in [2.05, 4.69) is 5.10 Å². The van der Waals surface area contributed by atoms with Gasteiger partial charge < -0.3 is 0 Å². The molecule has 3 aromatic rings. The molecule has 122 valence electrons. The van der Waals surface area contributed by atoms with Crippen molar-refractivity contribution in [1.82, 2.24) is 14.7 Å². The van der Waals surface area contributed by atoms with Crippen LogP contribution in [-0.4, -0.2) is 28.7 Å². The van der Waals surface area contributed by atoms with Gasteiger partial charge >= 0.3 is 0 Å². The zero-order valence-corrected chi connectivity index (χ0v) is 13.1. The summed E-state index contributed by atoms with van der Waals surface area (Å²) in [6.07, 6.45) is 4.08. The largest absolute Gasteiger partial charge is 0.288 e. The van der Waals surface area contributed by atoms with Gasteiger partial charge in [0.1, 0.15) is 0 Å². The van der Waals surface area contributed by atoms with Crippen molar-refractivity contribution in [2.24, 2.45) is 0 Å². The molecule has 0 saturated heterocycles. The zero-order chi connectivity index (χ0) is 17.2. The summed E-state index contributed by atoms with van der Waals surface area (Å²) in [6, 6.07) is 13.0. The van der Waals surface area contributed by atoms with Crippen molar-refractivity contribution in [3.05, 3.63) is 66.4 Å². The van der Waals surface area contributed by atoms with Gasteiger partial charge in [0.25, 0.3) is 15.9 Å². The second kappa shape index (κ2) is 6.26. The van der Waals surface area contributed by atoms with E-state index in [0.29, 0.717) is 11.1 Å². The number of nitrogens with zero attached hydrogens (tertiary/aromatic N) is 2. The van der Waals surface area contributed by atoms with E-state index in [-0.39, 0.29) is 4.90 Å². The lowest BCUT2D eigenvalue weighted by atomic mass is 10.2. The fourth-order valence-corrected chi connectivity index (χ4v) is 3.48. The average Bonchev–Trinajstić information content (AvgIpc) is 3.05. The Bertz CT molecular complexity index is 1020. The molecule has 0 bridgehead atoms. The normalized spacial score (nSPS) is 11.9. The number of hydrogen-bond acceptors (Lipinski definition) is 5. The van der Waals surface area contributed by atoms with E-state index < -0.39 is 15.9 Å². The highest BCUT2D eigenvalue weighted by molar-refractivity contribution is 7.90. The van der Waals surface area contributed by atoms with Crippen LogP contribution in [-0.2, 0) is 14.8 Å². The Kier molecular flexibility index (Phi) is 4.15. The third-order valence-corrected chi connectivity index (χ3v) is 5.00. The molecule has 3 rings (SSSR count). The van der Waals surface area contributed by atoms with E-state index in [1.54, 1.807) is 30.3 Å². The first-order chi connectivity index (χ1) is 11.5. The minimum Gasteiger partial charge on any atom is -0.288 e. The number of rotatable bonds is 4. The molecule has 1 aromatic heterocycles. The number of aromatic nitrogens is 2. The van der Waals surface area contributed by atoms with Crippen LogP contribution in [0.2, 0.25) is 0 Å². The molecule has 0 aliphatic carbocycles. The van der Waals surface area contributed by atoms with E-state index in [1.165, 1.54) is 29.9 Å². The summed E-state index contributed by atoms with van der Waals surface area (Å²) in [7, 11) is -3.81. The van der Waals surface area contributed by atoms with Gasteiger partial charge in [-0.2, -0.15) is 17.6 Å². The first-order valence-corrected chi connectivity index (χ1v) is 8.37. The van der Waals surface area contributed by atoms with Crippen LogP contribution in [0, 0.1) is 0 Å². The number of benzene rings is 2. The third-order valence-electron chi connectivity index (χ3n) is 3.39. The molecule has 8 heteroatoms. The molecule has 0 radical (unpaired) electrons. The lowest BCUT2D eigenvalue weighted by Gasteiger charge is -2.06. The number of carbonyl (C=O) groups is 1. The Morgan fingerprint density at radius 3 is 2.54 bits per heavy atom. The molecule has 24 heavy (non-hydrogen) atoms. The highest BCUT2D eigenvalue weighted by Gasteiger charge is 2.19. The Morgan fingerprint density at radius 2 is 1.83 bits per heavy atom. The molecular weight excluding hydrogens is 330 g/mol.